The van der Waals surface area contributed by atoms with Gasteiger partial charge in [0.05, 0.1) is 6.61 Å². The number of nitrogens with zero attached hydrogens (tertiary/aromatic N) is 1. The summed E-state index contributed by atoms with van der Waals surface area (Å²) in [4.78, 5) is 2.98. The van der Waals surface area contributed by atoms with Gasteiger partial charge in [0, 0.05) is 6.42 Å². The summed E-state index contributed by atoms with van der Waals surface area (Å²) in [6, 6.07) is 6.55. The Morgan fingerprint density at radius 3 is 3.00 bits per heavy atom. The van der Waals surface area contributed by atoms with Crippen molar-refractivity contribution in [3.63, 3.8) is 0 Å². The molecule has 0 aliphatic heterocycles. The molecule has 1 heterocycles. The van der Waals surface area contributed by atoms with Crippen molar-refractivity contribution in [3.8, 4) is 0 Å². The highest BCUT2D eigenvalue weighted by atomic mass is 19.1. The fraction of sp³-hybridized carbons (Fsp3) is 0.250. The van der Waals surface area contributed by atoms with Gasteiger partial charge in [-0.05, 0) is 17.7 Å². The molecule has 16 heavy (non-hydrogen) atoms. The van der Waals surface area contributed by atoms with E-state index >= 15 is 0 Å². The van der Waals surface area contributed by atoms with Crippen LogP contribution in [-0.2, 0) is 13.0 Å². The van der Waals surface area contributed by atoms with E-state index in [4.69, 9.17) is 5.11 Å². The van der Waals surface area contributed by atoms with Gasteiger partial charge in [-0.2, -0.15) is 0 Å². The molecule has 0 aliphatic carbocycles. The monoisotopic (exact) mass is 221 g/mol. The Morgan fingerprint density at radius 1 is 1.38 bits per heavy atom. The molecule has 1 aromatic heterocycles. The third-order valence-electron chi connectivity index (χ3n) is 2.46. The summed E-state index contributed by atoms with van der Waals surface area (Å²) in [5.74, 6) is -0.221. The quantitative estimate of drug-likeness (QED) is 0.744. The van der Waals surface area contributed by atoms with Crippen LogP contribution >= 0.6 is 0 Å². The maximum absolute atomic E-state index is 13.0. The second-order valence-electron chi connectivity index (χ2n) is 3.66. The zero-order valence-electron chi connectivity index (χ0n) is 8.86. The van der Waals surface area contributed by atoms with E-state index in [1.807, 2.05) is 16.8 Å². The van der Waals surface area contributed by atoms with Crippen LogP contribution in [0, 0.1) is 5.82 Å². The molecule has 0 saturated carbocycles. The van der Waals surface area contributed by atoms with E-state index in [2.05, 4.69) is 4.98 Å². The highest BCUT2D eigenvalue weighted by Crippen LogP contribution is 2.07. The number of hydrogen-bond acceptors (Lipinski definition) is 1. The number of halogens is 1. The second kappa shape index (κ2) is 4.90. The van der Waals surface area contributed by atoms with E-state index in [0.29, 0.717) is 13.0 Å². The van der Waals surface area contributed by atoms with Crippen molar-refractivity contribution in [3.05, 3.63) is 53.9 Å². The largest absolute Gasteiger partial charge is 0.392 e. The van der Waals surface area contributed by atoms with E-state index in [9.17, 15) is 4.39 Å². The molecule has 0 bridgehead atoms. The van der Waals surface area contributed by atoms with Crippen molar-refractivity contribution >= 4 is 0 Å². The summed E-state index contributed by atoms with van der Waals surface area (Å²) in [6.45, 7) is 0.646. The summed E-state index contributed by atoms with van der Waals surface area (Å²) < 4.78 is 14.9. The fourth-order valence-corrected chi connectivity index (χ4v) is 1.71. The first kappa shape index (κ1) is 10.8. The molecule has 0 aliphatic rings. The number of nitrogens with one attached hydrogen (secondary N) is 1. The number of rotatable bonds is 4. The van der Waals surface area contributed by atoms with Gasteiger partial charge in [0.2, 0.25) is 6.33 Å². The van der Waals surface area contributed by atoms with Crippen molar-refractivity contribution in [2.24, 2.45) is 0 Å². The molecule has 2 N–H and O–H groups in total. The minimum atomic E-state index is -0.221. The van der Waals surface area contributed by atoms with E-state index in [1.54, 1.807) is 12.4 Å². The van der Waals surface area contributed by atoms with Gasteiger partial charge >= 0.3 is 0 Å². The molecule has 84 valence electrons. The molecule has 0 unspecified atom stereocenters. The number of aromatic nitrogens is 2. The number of aromatic amines is 1. The first-order chi connectivity index (χ1) is 7.79. The van der Waals surface area contributed by atoms with Gasteiger partial charge in [-0.1, -0.05) is 12.1 Å². The molecular weight excluding hydrogens is 207 g/mol. The SMILES string of the molecule is OCC[n+]1c[nH]cc1Cc1cccc(F)c1. The number of imidazole rings is 1. The van der Waals surface area contributed by atoms with Crippen molar-refractivity contribution in [2.75, 3.05) is 6.61 Å². The number of aliphatic hydroxyl groups excluding tert-OH is 1. The van der Waals surface area contributed by atoms with Crippen molar-refractivity contribution < 1.29 is 14.1 Å². The van der Waals surface area contributed by atoms with E-state index in [1.165, 1.54) is 12.1 Å². The van der Waals surface area contributed by atoms with Gasteiger partial charge < -0.3 is 5.11 Å². The molecule has 0 saturated heterocycles. The van der Waals surface area contributed by atoms with Crippen molar-refractivity contribution in [1.82, 2.24) is 4.98 Å². The molecule has 0 spiro atoms. The number of aliphatic hydroxyl groups is 1. The molecular formula is C12H14FN2O+. The van der Waals surface area contributed by atoms with E-state index < -0.39 is 0 Å². The molecule has 2 aromatic rings. The molecule has 4 heteroatoms. The van der Waals surface area contributed by atoms with E-state index in [0.717, 1.165) is 11.3 Å². The topological polar surface area (TPSA) is 39.9 Å². The lowest BCUT2D eigenvalue weighted by atomic mass is 10.1. The molecule has 0 radical (unpaired) electrons. The third-order valence-corrected chi connectivity index (χ3v) is 2.46. The zero-order valence-corrected chi connectivity index (χ0v) is 8.86. The normalized spacial score (nSPS) is 10.6. The number of H-pyrrole nitrogens is 1. The lowest BCUT2D eigenvalue weighted by molar-refractivity contribution is -0.703. The molecule has 0 amide bonds. The minimum absolute atomic E-state index is 0.0959. The summed E-state index contributed by atoms with van der Waals surface area (Å²) in [7, 11) is 0. The summed E-state index contributed by atoms with van der Waals surface area (Å²) in [5, 5.41) is 8.88. The van der Waals surface area contributed by atoms with Gasteiger partial charge in [0.25, 0.3) is 0 Å². The average Bonchev–Trinajstić information content (AvgIpc) is 2.66. The highest BCUT2D eigenvalue weighted by Gasteiger charge is 2.09. The Labute approximate surface area is 93.2 Å². The average molecular weight is 221 g/mol. The smallest absolute Gasteiger partial charge is 0.241 e. The minimum Gasteiger partial charge on any atom is -0.392 e. The summed E-state index contributed by atoms with van der Waals surface area (Å²) >= 11 is 0. The molecule has 0 atom stereocenters. The zero-order chi connectivity index (χ0) is 11.4. The van der Waals surface area contributed by atoms with Crippen LogP contribution in [0.15, 0.2) is 36.8 Å². The van der Waals surface area contributed by atoms with Crippen LogP contribution in [0.5, 0.6) is 0 Å². The summed E-state index contributed by atoms with van der Waals surface area (Å²) in [5.41, 5.74) is 1.95. The van der Waals surface area contributed by atoms with Crippen LogP contribution in [0.3, 0.4) is 0 Å². The van der Waals surface area contributed by atoms with Crippen LogP contribution in [0.25, 0.3) is 0 Å². The Morgan fingerprint density at radius 2 is 2.25 bits per heavy atom. The van der Waals surface area contributed by atoms with Crippen LogP contribution in [0.1, 0.15) is 11.3 Å². The molecule has 2 rings (SSSR count). The van der Waals surface area contributed by atoms with Crippen molar-refractivity contribution in [2.45, 2.75) is 13.0 Å². The van der Waals surface area contributed by atoms with Crippen LogP contribution in [0.4, 0.5) is 4.39 Å². The van der Waals surface area contributed by atoms with Crippen molar-refractivity contribution in [1.29, 1.82) is 0 Å². The lowest BCUT2D eigenvalue weighted by Crippen LogP contribution is -2.37. The maximum atomic E-state index is 13.0. The standard InChI is InChI=1S/C12H13FN2O/c13-11-3-1-2-10(6-11)7-12-8-14-9-15(12)4-5-16/h1-3,6,8-9,16H,4-5,7H2/p+1. The Balaban J connectivity index is 2.17. The van der Waals surface area contributed by atoms with Gasteiger partial charge in [0.15, 0.2) is 0 Å². The highest BCUT2D eigenvalue weighted by molar-refractivity contribution is 5.20. The predicted molar refractivity (Wildman–Crippen MR) is 57.3 cm³/mol. The molecule has 1 aromatic carbocycles. The van der Waals surface area contributed by atoms with Crippen LogP contribution in [-0.4, -0.2) is 16.7 Å². The molecule has 3 nitrogen and oxygen atoms in total. The van der Waals surface area contributed by atoms with Crippen LogP contribution in [0.2, 0.25) is 0 Å². The lowest BCUT2D eigenvalue weighted by Gasteiger charge is -2.00. The van der Waals surface area contributed by atoms with Gasteiger partial charge in [-0.25, -0.2) is 13.9 Å². The third kappa shape index (κ3) is 2.46. The molecule has 0 fully saturated rings. The fourth-order valence-electron chi connectivity index (χ4n) is 1.71. The van der Waals surface area contributed by atoms with E-state index in [-0.39, 0.29) is 12.4 Å². The van der Waals surface area contributed by atoms with Crippen LogP contribution < -0.4 is 4.57 Å². The second-order valence-corrected chi connectivity index (χ2v) is 3.66. The van der Waals surface area contributed by atoms with Gasteiger partial charge in [-0.15, -0.1) is 0 Å². The first-order valence-corrected chi connectivity index (χ1v) is 5.20. The maximum Gasteiger partial charge on any atom is 0.241 e. The van der Waals surface area contributed by atoms with Gasteiger partial charge in [0.1, 0.15) is 24.3 Å². The number of benzene rings is 1. The Hall–Kier alpha value is -1.68. The van der Waals surface area contributed by atoms with Gasteiger partial charge in [-0.3, -0.25) is 0 Å². The predicted octanol–water partition coefficient (Wildman–Crippen LogP) is 1.02. The summed E-state index contributed by atoms with van der Waals surface area (Å²) in [6.07, 6.45) is 4.31. The Kier molecular flexibility index (Phi) is 3.31. The number of hydrogen-bond donors (Lipinski definition) is 2. The Bertz CT molecular complexity index is 468. The first-order valence-electron chi connectivity index (χ1n) is 5.20.